The van der Waals surface area contributed by atoms with Crippen LogP contribution in [0.15, 0.2) is 120 Å². The number of rotatable bonds is 10. The highest BCUT2D eigenvalue weighted by Crippen LogP contribution is 2.60. The number of amides is 2. The number of hydrogen-bond acceptors (Lipinski definition) is 8. The average Bonchev–Trinajstić information content (AvgIpc) is 3.85. The number of nitrogens with zero attached hydrogens (tertiary/aromatic N) is 4. The van der Waals surface area contributed by atoms with Gasteiger partial charge in [-0.3, -0.25) is 29.6 Å². The molecule has 6 aromatic rings. The van der Waals surface area contributed by atoms with Gasteiger partial charge in [0, 0.05) is 30.2 Å². The van der Waals surface area contributed by atoms with Crippen LogP contribution < -0.4 is 20.4 Å². The molecule has 0 unspecified atom stereocenters. The molecule has 1 fully saturated rings. The van der Waals surface area contributed by atoms with Gasteiger partial charge in [0.2, 0.25) is 5.91 Å². The second-order valence-corrected chi connectivity index (χ2v) is 21.7. The van der Waals surface area contributed by atoms with Gasteiger partial charge < -0.3 is 24.4 Å². The lowest BCUT2D eigenvalue weighted by atomic mass is 9.82. The first kappa shape index (κ1) is 40.1. The SMILES string of the molecule is COc1ccc([Si](C)(C)[C@H]2[C@H](CC(=O)N3Cc4ccccc4C[C@H]3CO)O[C@@]3(C(=O)N(Cc4ccc(-n5[nH]c6ccccc6c5=O)cc4)c4ccc([N+](=O)[O-])cc43)[C@@H]2C)cc1. The molecular formula is C47H47N5O8Si. The second-order valence-electron chi connectivity index (χ2n) is 17.0. The Morgan fingerprint density at radius 1 is 0.967 bits per heavy atom. The smallest absolute Gasteiger partial charge is 0.279 e. The molecule has 1 spiro atoms. The van der Waals surface area contributed by atoms with Crippen molar-refractivity contribution in [2.24, 2.45) is 5.92 Å². The minimum atomic E-state index is -2.68. The van der Waals surface area contributed by atoms with Gasteiger partial charge in [-0.05, 0) is 71.1 Å². The maximum Gasteiger partial charge on any atom is 0.279 e. The van der Waals surface area contributed by atoms with Crippen LogP contribution in [0.3, 0.4) is 0 Å². The molecule has 1 saturated heterocycles. The number of nitrogens with one attached hydrogen (secondary N) is 1. The number of fused-ring (bicyclic) bond motifs is 4. The molecule has 5 aromatic carbocycles. The number of hydrogen-bond donors (Lipinski definition) is 2. The highest BCUT2D eigenvalue weighted by molar-refractivity contribution is 6.91. The molecule has 0 radical (unpaired) electrons. The van der Waals surface area contributed by atoms with Gasteiger partial charge in [0.1, 0.15) is 5.75 Å². The van der Waals surface area contributed by atoms with Gasteiger partial charge >= 0.3 is 0 Å². The third-order valence-corrected chi connectivity index (χ3v) is 17.8. The number of H-pyrrole nitrogens is 1. The fourth-order valence-electron chi connectivity index (χ4n) is 10.3. The Kier molecular flexibility index (Phi) is 10.0. The van der Waals surface area contributed by atoms with Crippen molar-refractivity contribution in [3.63, 3.8) is 0 Å². The van der Waals surface area contributed by atoms with Crippen molar-refractivity contribution in [3.05, 3.63) is 158 Å². The molecule has 312 valence electrons. The molecule has 0 saturated carbocycles. The van der Waals surface area contributed by atoms with E-state index in [0.717, 1.165) is 21.9 Å². The predicted octanol–water partition coefficient (Wildman–Crippen LogP) is 6.33. The topological polar surface area (TPSA) is 160 Å². The van der Waals surface area contributed by atoms with E-state index in [0.29, 0.717) is 46.6 Å². The van der Waals surface area contributed by atoms with Crippen LogP contribution in [0.4, 0.5) is 11.4 Å². The van der Waals surface area contributed by atoms with Crippen LogP contribution in [0.1, 0.15) is 35.6 Å². The first-order valence-electron chi connectivity index (χ1n) is 20.5. The van der Waals surface area contributed by atoms with E-state index in [9.17, 15) is 24.8 Å². The molecule has 0 bridgehead atoms. The summed E-state index contributed by atoms with van der Waals surface area (Å²) >= 11 is 0. The van der Waals surface area contributed by atoms with Crippen molar-refractivity contribution >= 4 is 47.4 Å². The number of anilines is 1. The molecule has 3 aliphatic rings. The van der Waals surface area contributed by atoms with Gasteiger partial charge in [-0.1, -0.05) is 85.9 Å². The van der Waals surface area contributed by atoms with E-state index >= 15 is 4.79 Å². The maximum absolute atomic E-state index is 15.4. The number of aromatic amines is 1. The molecule has 5 atom stereocenters. The normalized spacial score (nSPS) is 22.1. The number of ether oxygens (including phenoxy) is 2. The van der Waals surface area contributed by atoms with Crippen molar-refractivity contribution in [1.29, 1.82) is 0 Å². The third-order valence-electron chi connectivity index (χ3n) is 13.4. The third kappa shape index (κ3) is 6.56. The summed E-state index contributed by atoms with van der Waals surface area (Å²) < 4.78 is 14.2. The van der Waals surface area contributed by atoms with Gasteiger partial charge in [-0.15, -0.1) is 0 Å². The number of aliphatic hydroxyl groups is 1. The number of aliphatic hydroxyl groups excluding tert-OH is 1. The maximum atomic E-state index is 15.4. The van der Waals surface area contributed by atoms with Crippen LogP contribution in [-0.2, 0) is 39.4 Å². The highest BCUT2D eigenvalue weighted by atomic mass is 28.3. The van der Waals surface area contributed by atoms with Gasteiger partial charge in [0.05, 0.1) is 74.1 Å². The molecular weight excluding hydrogens is 791 g/mol. The van der Waals surface area contributed by atoms with E-state index in [-0.39, 0.29) is 48.2 Å². The summed E-state index contributed by atoms with van der Waals surface area (Å²) in [7, 11) is -1.06. The van der Waals surface area contributed by atoms with Crippen molar-refractivity contribution in [2.45, 2.75) is 69.2 Å². The standard InChI is InChI=1S/C47H47N5O8Si/c1-29-44(61(3,4)37-20-18-36(59-2)19-21-37)42(25-43(54)49-27-32-10-6-5-9-31(32)23-35(49)28-53)60-47(29)39-24-34(52(57)58)17-22-41(39)50(46(47)56)26-30-13-15-33(16-14-30)51-45(55)38-11-7-8-12-40(38)48-51/h5-22,24,29,35,42,44,48,53H,23,25-28H2,1-4H3/t29-,35+,42+,44-,47+/m1/s1. The number of benzene rings is 5. The van der Waals surface area contributed by atoms with Crippen molar-refractivity contribution in [1.82, 2.24) is 14.7 Å². The molecule has 1 aromatic heterocycles. The number of nitro benzene ring substituents is 1. The van der Waals surface area contributed by atoms with Gasteiger partial charge in [-0.25, -0.2) is 4.68 Å². The quantitative estimate of drug-likeness (QED) is 0.0920. The molecule has 0 aliphatic carbocycles. The zero-order chi connectivity index (χ0) is 42.8. The summed E-state index contributed by atoms with van der Waals surface area (Å²) in [5, 5.41) is 27.6. The van der Waals surface area contributed by atoms with Crippen LogP contribution in [-0.4, -0.2) is 70.5 Å². The Morgan fingerprint density at radius 2 is 1.67 bits per heavy atom. The molecule has 9 rings (SSSR count). The summed E-state index contributed by atoms with van der Waals surface area (Å²) in [6, 6.07) is 34.5. The monoisotopic (exact) mass is 837 g/mol. The predicted molar refractivity (Wildman–Crippen MR) is 234 cm³/mol. The summed E-state index contributed by atoms with van der Waals surface area (Å²) in [6.45, 7) is 6.68. The van der Waals surface area contributed by atoms with Gasteiger partial charge in [0.15, 0.2) is 5.60 Å². The number of para-hydroxylation sites is 1. The van der Waals surface area contributed by atoms with Crippen LogP contribution in [0.5, 0.6) is 5.75 Å². The largest absolute Gasteiger partial charge is 0.497 e. The van der Waals surface area contributed by atoms with E-state index < -0.39 is 36.7 Å². The van der Waals surface area contributed by atoms with Crippen LogP contribution in [0.25, 0.3) is 16.6 Å². The van der Waals surface area contributed by atoms with Gasteiger partial charge in [-0.2, -0.15) is 0 Å². The Balaban J connectivity index is 1.10. The van der Waals surface area contributed by atoms with Crippen molar-refractivity contribution < 1.29 is 29.1 Å². The minimum absolute atomic E-state index is 0.0475. The lowest BCUT2D eigenvalue weighted by Crippen LogP contribution is -2.52. The van der Waals surface area contributed by atoms with Gasteiger partial charge in [0.25, 0.3) is 17.2 Å². The lowest BCUT2D eigenvalue weighted by molar-refractivity contribution is -0.385. The van der Waals surface area contributed by atoms with Crippen molar-refractivity contribution in [3.8, 4) is 11.4 Å². The van der Waals surface area contributed by atoms with E-state index in [4.69, 9.17) is 9.47 Å². The number of carbonyl (C=O) groups excluding carboxylic acids is 2. The number of aromatic nitrogens is 2. The Morgan fingerprint density at radius 3 is 2.36 bits per heavy atom. The molecule has 14 heteroatoms. The van der Waals surface area contributed by atoms with Crippen LogP contribution in [0.2, 0.25) is 18.6 Å². The number of methoxy groups -OCH3 is 1. The zero-order valence-electron chi connectivity index (χ0n) is 34.4. The fraction of sp³-hybridized carbons (Fsp3) is 0.298. The minimum Gasteiger partial charge on any atom is -0.497 e. The number of nitro groups is 1. The first-order valence-corrected chi connectivity index (χ1v) is 23.6. The summed E-state index contributed by atoms with van der Waals surface area (Å²) in [4.78, 5) is 58.5. The number of non-ortho nitro benzene ring substituents is 1. The molecule has 61 heavy (non-hydrogen) atoms. The Hall–Kier alpha value is -6.35. The van der Waals surface area contributed by atoms with Crippen molar-refractivity contribution in [2.75, 3.05) is 18.6 Å². The molecule has 2 amide bonds. The van der Waals surface area contributed by atoms with Crippen LogP contribution >= 0.6 is 0 Å². The Bertz CT molecular complexity index is 2750. The van der Waals surface area contributed by atoms with E-state index in [1.807, 2.05) is 97.9 Å². The highest BCUT2D eigenvalue weighted by Gasteiger charge is 2.67. The molecule has 4 heterocycles. The van der Waals surface area contributed by atoms with E-state index in [2.05, 4.69) is 18.2 Å². The fourth-order valence-corrected chi connectivity index (χ4v) is 14.3. The number of carbonyl (C=O) groups is 2. The van der Waals surface area contributed by atoms with E-state index in [1.165, 1.54) is 16.8 Å². The molecule has 2 N–H and O–H groups in total. The lowest BCUT2D eigenvalue weighted by Gasteiger charge is -2.39. The summed E-state index contributed by atoms with van der Waals surface area (Å²) in [5.41, 5.74) is 2.83. The zero-order valence-corrected chi connectivity index (χ0v) is 35.4. The van der Waals surface area contributed by atoms with Crippen LogP contribution in [0, 0.1) is 16.0 Å². The first-order chi connectivity index (χ1) is 29.3. The van der Waals surface area contributed by atoms with E-state index in [1.54, 1.807) is 29.0 Å². The molecule has 13 nitrogen and oxygen atoms in total. The summed E-state index contributed by atoms with van der Waals surface area (Å²) in [6.07, 6.45) is -0.273. The Labute approximate surface area is 353 Å². The average molecular weight is 838 g/mol. The second kappa shape index (κ2) is 15.3. The molecule has 3 aliphatic heterocycles. The summed E-state index contributed by atoms with van der Waals surface area (Å²) in [5.74, 6) is -0.356.